The Kier molecular flexibility index (Phi) is 6.74. The Morgan fingerprint density at radius 3 is 2.47 bits per heavy atom. The lowest BCUT2D eigenvalue weighted by atomic mass is 10.2. The fourth-order valence-corrected chi connectivity index (χ4v) is 3.11. The molecular weight excluding hydrogens is 505 g/mol. The minimum Gasteiger partial charge on any atom is -0.442 e. The number of alkyl halides is 3. The molecule has 4 aromatic rings. The maximum absolute atomic E-state index is 13.0. The highest BCUT2D eigenvalue weighted by atomic mass is 35.5. The Hall–Kier alpha value is -4.65. The van der Waals surface area contributed by atoms with Gasteiger partial charge < -0.3 is 25.5 Å². The topological polar surface area (TPSA) is 145 Å². The van der Waals surface area contributed by atoms with Gasteiger partial charge in [0.2, 0.25) is 11.8 Å². The van der Waals surface area contributed by atoms with Crippen LogP contribution in [0.5, 0.6) is 11.6 Å². The van der Waals surface area contributed by atoms with Gasteiger partial charge in [-0.2, -0.15) is 13.2 Å². The van der Waals surface area contributed by atoms with Crippen LogP contribution < -0.4 is 21.1 Å². The number of primary amides is 1. The number of nitrogens with two attached hydrogens (primary N) is 1. The van der Waals surface area contributed by atoms with Crippen molar-refractivity contribution in [2.24, 2.45) is 5.73 Å². The zero-order chi connectivity index (χ0) is 25.9. The van der Waals surface area contributed by atoms with Crippen LogP contribution in [0.25, 0.3) is 11.6 Å². The molecule has 10 nitrogen and oxygen atoms in total. The van der Waals surface area contributed by atoms with E-state index in [0.29, 0.717) is 0 Å². The Morgan fingerprint density at radius 2 is 1.78 bits per heavy atom. The second-order valence-electron chi connectivity index (χ2n) is 7.05. The summed E-state index contributed by atoms with van der Waals surface area (Å²) in [6.45, 7) is 0. The van der Waals surface area contributed by atoms with E-state index in [1.165, 1.54) is 24.5 Å². The summed E-state index contributed by atoms with van der Waals surface area (Å²) in [6.07, 6.45) is -2.39. The lowest BCUT2D eigenvalue weighted by molar-refractivity contribution is -0.137. The molecule has 0 saturated carbocycles. The van der Waals surface area contributed by atoms with E-state index < -0.39 is 28.7 Å². The van der Waals surface area contributed by atoms with Crippen LogP contribution in [0.4, 0.5) is 29.3 Å². The molecular formula is C22H14ClF3N6O4. The van der Waals surface area contributed by atoms with E-state index >= 15 is 0 Å². The number of benzene rings is 2. The van der Waals surface area contributed by atoms with Gasteiger partial charge in [-0.05, 0) is 30.3 Å². The molecule has 0 spiro atoms. The molecule has 184 valence electrons. The lowest BCUT2D eigenvalue weighted by Gasteiger charge is -2.13. The fraction of sp³-hybridized carbons (Fsp3) is 0.0455. The number of carbonyl (C=O) groups excluding carboxylic acids is 2. The molecule has 0 aliphatic heterocycles. The predicted octanol–water partition coefficient (Wildman–Crippen LogP) is 5.34. The fourth-order valence-electron chi connectivity index (χ4n) is 2.89. The number of hydrogen-bond acceptors (Lipinski definition) is 7. The molecule has 0 aliphatic carbocycles. The van der Waals surface area contributed by atoms with Crippen molar-refractivity contribution in [2.75, 3.05) is 10.6 Å². The third kappa shape index (κ3) is 5.88. The van der Waals surface area contributed by atoms with Crippen molar-refractivity contribution in [3.05, 3.63) is 77.4 Å². The van der Waals surface area contributed by atoms with E-state index in [-0.39, 0.29) is 40.3 Å². The van der Waals surface area contributed by atoms with Gasteiger partial charge in [0.1, 0.15) is 24.0 Å². The van der Waals surface area contributed by atoms with Crippen LogP contribution in [-0.2, 0) is 6.18 Å². The minimum atomic E-state index is -4.67. The van der Waals surface area contributed by atoms with Gasteiger partial charge in [-0.3, -0.25) is 4.79 Å². The predicted molar refractivity (Wildman–Crippen MR) is 122 cm³/mol. The zero-order valence-electron chi connectivity index (χ0n) is 17.8. The highest BCUT2D eigenvalue weighted by Crippen LogP contribution is 2.36. The van der Waals surface area contributed by atoms with E-state index in [1.807, 2.05) is 0 Å². The smallest absolute Gasteiger partial charge is 0.417 e. The van der Waals surface area contributed by atoms with E-state index in [4.69, 9.17) is 26.5 Å². The first kappa shape index (κ1) is 24.5. The Labute approximate surface area is 205 Å². The van der Waals surface area contributed by atoms with Crippen LogP contribution in [0, 0.1) is 0 Å². The standard InChI is InChI=1S/C22H14ClF3N6O4/c23-15-5-4-12(7-14(15)22(24,25)26)31-21(34)30-11-2-1-3-13(6-11)36-18-8-16(28-10-29-18)20-32-17(9-35-20)19(27)33/h1-10H,(H2,27,33)(H2,30,31,34). The van der Waals surface area contributed by atoms with Crippen LogP contribution in [0.2, 0.25) is 5.02 Å². The largest absolute Gasteiger partial charge is 0.442 e. The molecule has 0 aliphatic rings. The van der Waals surface area contributed by atoms with E-state index in [9.17, 15) is 22.8 Å². The molecule has 0 fully saturated rings. The summed E-state index contributed by atoms with van der Waals surface area (Å²) in [7, 11) is 0. The SMILES string of the molecule is NC(=O)c1coc(-c2cc(Oc3cccc(NC(=O)Nc4ccc(Cl)c(C(F)(F)F)c4)c3)ncn2)n1. The van der Waals surface area contributed by atoms with Crippen molar-refractivity contribution in [1.82, 2.24) is 15.0 Å². The summed E-state index contributed by atoms with van der Waals surface area (Å²) in [5.41, 5.74) is 4.41. The van der Waals surface area contributed by atoms with Crippen LogP contribution in [0.1, 0.15) is 16.1 Å². The molecule has 0 bridgehead atoms. The van der Waals surface area contributed by atoms with Crippen LogP contribution in [0.3, 0.4) is 0 Å². The van der Waals surface area contributed by atoms with Crippen LogP contribution >= 0.6 is 11.6 Å². The molecule has 36 heavy (non-hydrogen) atoms. The van der Waals surface area contributed by atoms with E-state index in [1.54, 1.807) is 18.2 Å². The quantitative estimate of drug-likeness (QED) is 0.312. The summed E-state index contributed by atoms with van der Waals surface area (Å²) < 4.78 is 49.9. The van der Waals surface area contributed by atoms with Gasteiger partial charge in [-0.15, -0.1) is 0 Å². The second kappa shape index (κ2) is 9.92. The van der Waals surface area contributed by atoms with Gasteiger partial charge in [0, 0.05) is 23.5 Å². The van der Waals surface area contributed by atoms with E-state index in [2.05, 4.69) is 25.6 Å². The summed E-state index contributed by atoms with van der Waals surface area (Å²) in [5, 5.41) is 4.32. The van der Waals surface area contributed by atoms with E-state index in [0.717, 1.165) is 18.4 Å². The van der Waals surface area contributed by atoms with Gasteiger partial charge in [0.05, 0.1) is 10.6 Å². The molecule has 4 N–H and O–H groups in total. The number of nitrogens with zero attached hydrogens (tertiary/aromatic N) is 3. The van der Waals surface area contributed by atoms with Crippen molar-refractivity contribution >= 4 is 34.9 Å². The number of nitrogens with one attached hydrogen (secondary N) is 2. The first-order valence-electron chi connectivity index (χ1n) is 9.89. The number of rotatable bonds is 6. The van der Waals surface area contributed by atoms with Crippen molar-refractivity contribution in [1.29, 1.82) is 0 Å². The first-order valence-corrected chi connectivity index (χ1v) is 10.3. The lowest BCUT2D eigenvalue weighted by Crippen LogP contribution is -2.20. The first-order chi connectivity index (χ1) is 17.1. The summed E-state index contributed by atoms with van der Waals surface area (Å²) in [4.78, 5) is 35.4. The summed E-state index contributed by atoms with van der Waals surface area (Å²) in [5.74, 6) is -0.366. The minimum absolute atomic E-state index is 0.0269. The molecule has 14 heteroatoms. The molecule has 0 unspecified atom stereocenters. The third-order valence-electron chi connectivity index (χ3n) is 4.46. The van der Waals surface area contributed by atoms with Gasteiger partial charge in [0.15, 0.2) is 5.69 Å². The number of amides is 3. The molecule has 0 radical (unpaired) electrons. The van der Waals surface area contributed by atoms with Crippen molar-refractivity contribution in [2.45, 2.75) is 6.18 Å². The number of aromatic nitrogens is 3. The average Bonchev–Trinajstić information content (AvgIpc) is 3.31. The number of oxazole rings is 1. The highest BCUT2D eigenvalue weighted by molar-refractivity contribution is 6.31. The molecule has 2 heterocycles. The molecule has 2 aromatic carbocycles. The second-order valence-corrected chi connectivity index (χ2v) is 7.45. The van der Waals surface area contributed by atoms with Gasteiger partial charge in [-0.25, -0.2) is 19.7 Å². The number of anilines is 2. The Morgan fingerprint density at radius 1 is 1.03 bits per heavy atom. The van der Waals surface area contributed by atoms with Crippen molar-refractivity contribution in [3.8, 4) is 23.2 Å². The molecule has 4 rings (SSSR count). The van der Waals surface area contributed by atoms with Crippen molar-refractivity contribution in [3.63, 3.8) is 0 Å². The zero-order valence-corrected chi connectivity index (χ0v) is 18.6. The van der Waals surface area contributed by atoms with Gasteiger partial charge >= 0.3 is 12.2 Å². The Bertz CT molecular complexity index is 1440. The third-order valence-corrected chi connectivity index (χ3v) is 4.79. The molecule has 0 saturated heterocycles. The highest BCUT2D eigenvalue weighted by Gasteiger charge is 2.33. The van der Waals surface area contributed by atoms with Gasteiger partial charge in [-0.1, -0.05) is 17.7 Å². The van der Waals surface area contributed by atoms with Crippen LogP contribution in [-0.4, -0.2) is 26.9 Å². The number of urea groups is 1. The number of hydrogen-bond donors (Lipinski definition) is 3. The number of ether oxygens (including phenoxy) is 1. The number of halogens is 4. The van der Waals surface area contributed by atoms with Crippen LogP contribution in [0.15, 0.2) is 65.5 Å². The average molecular weight is 519 g/mol. The summed E-state index contributed by atoms with van der Waals surface area (Å²) >= 11 is 5.59. The van der Waals surface area contributed by atoms with Crippen molar-refractivity contribution < 1.29 is 31.9 Å². The maximum Gasteiger partial charge on any atom is 0.417 e. The Balaban J connectivity index is 1.44. The summed E-state index contributed by atoms with van der Waals surface area (Å²) in [6, 6.07) is 9.78. The number of carbonyl (C=O) groups is 2. The molecule has 2 aromatic heterocycles. The monoisotopic (exact) mass is 518 g/mol. The molecule has 3 amide bonds. The normalized spacial score (nSPS) is 11.1. The molecule has 0 atom stereocenters. The van der Waals surface area contributed by atoms with Gasteiger partial charge in [0.25, 0.3) is 5.91 Å². The maximum atomic E-state index is 13.0.